The Hall–Kier alpha value is -2.43. The lowest BCUT2D eigenvalue weighted by Crippen LogP contribution is -2.38. The lowest BCUT2D eigenvalue weighted by atomic mass is 9.91. The number of anilines is 1. The number of aliphatic carboxylic acids is 1. The second-order valence-electron chi connectivity index (χ2n) is 8.54. The highest BCUT2D eigenvalue weighted by Crippen LogP contribution is 2.42. The van der Waals surface area contributed by atoms with E-state index in [0.717, 1.165) is 16.7 Å². The molecule has 1 aliphatic heterocycles. The maximum Gasteiger partial charge on any atom is 0.303 e. The second-order valence-corrected chi connectivity index (χ2v) is 9.69. The van der Waals surface area contributed by atoms with Gasteiger partial charge in [0.2, 0.25) is 5.91 Å². The van der Waals surface area contributed by atoms with E-state index in [0.29, 0.717) is 17.2 Å². The summed E-state index contributed by atoms with van der Waals surface area (Å²) >= 11 is 1.62. The molecule has 35 heavy (non-hydrogen) atoms. The number of nitrogens with one attached hydrogen (secondary N) is 1. The molecule has 2 aromatic rings. The first kappa shape index (κ1) is 27.2. The summed E-state index contributed by atoms with van der Waals surface area (Å²) in [6.07, 6.45) is -0.668. The minimum Gasteiger partial charge on any atom is -0.481 e. The van der Waals surface area contributed by atoms with Gasteiger partial charge in [-0.3, -0.25) is 9.59 Å². The van der Waals surface area contributed by atoms with Crippen LogP contribution in [-0.4, -0.2) is 51.4 Å². The summed E-state index contributed by atoms with van der Waals surface area (Å²) in [6, 6.07) is 14.9. The number of carboxylic acids is 1. The van der Waals surface area contributed by atoms with Crippen LogP contribution < -0.4 is 5.32 Å². The normalized spacial score (nSPS) is 22.0. The van der Waals surface area contributed by atoms with Gasteiger partial charge in [0, 0.05) is 41.5 Å². The lowest BCUT2D eigenvalue weighted by Gasteiger charge is -2.41. The molecule has 0 spiro atoms. The monoisotopic (exact) mass is 503 g/mol. The van der Waals surface area contributed by atoms with E-state index in [-0.39, 0.29) is 56.5 Å². The van der Waals surface area contributed by atoms with Crippen LogP contribution in [0.25, 0.3) is 0 Å². The summed E-state index contributed by atoms with van der Waals surface area (Å²) in [5, 5.41) is 30.1. The van der Waals surface area contributed by atoms with Gasteiger partial charge in [-0.2, -0.15) is 11.8 Å². The summed E-state index contributed by atoms with van der Waals surface area (Å²) in [5.41, 5.74) is 3.16. The van der Waals surface area contributed by atoms with Gasteiger partial charge >= 0.3 is 5.97 Å². The molecule has 2 aromatic carbocycles. The Morgan fingerprint density at radius 3 is 2.49 bits per heavy atom. The Balaban J connectivity index is 1.76. The molecule has 0 aromatic heterocycles. The Bertz CT molecular complexity index is 968. The summed E-state index contributed by atoms with van der Waals surface area (Å²) < 4.78 is 12.7. The molecule has 1 amide bonds. The minimum absolute atomic E-state index is 0.0255. The van der Waals surface area contributed by atoms with Crippen LogP contribution in [0.15, 0.2) is 48.5 Å². The highest BCUT2D eigenvalue weighted by molar-refractivity contribution is 7.99. The van der Waals surface area contributed by atoms with E-state index in [2.05, 4.69) is 12.2 Å². The second kappa shape index (κ2) is 13.6. The van der Waals surface area contributed by atoms with E-state index >= 15 is 0 Å². The molecule has 0 unspecified atom stereocenters. The van der Waals surface area contributed by atoms with Crippen molar-refractivity contribution in [3.8, 4) is 0 Å². The number of aliphatic hydroxyl groups excluding tert-OH is 2. The predicted molar refractivity (Wildman–Crippen MR) is 134 cm³/mol. The van der Waals surface area contributed by atoms with Crippen molar-refractivity contribution >= 4 is 29.3 Å². The van der Waals surface area contributed by atoms with Crippen LogP contribution in [0.5, 0.6) is 0 Å². The van der Waals surface area contributed by atoms with Crippen LogP contribution >= 0.6 is 11.8 Å². The maximum absolute atomic E-state index is 12.2. The number of carboxylic acid groups (broad SMARTS) is 1. The first-order valence-electron chi connectivity index (χ1n) is 11.7. The van der Waals surface area contributed by atoms with Crippen LogP contribution in [0.2, 0.25) is 0 Å². The van der Waals surface area contributed by atoms with E-state index in [1.165, 1.54) is 0 Å². The molecule has 1 heterocycles. The number of ether oxygens (including phenoxy) is 2. The third-order valence-electron chi connectivity index (χ3n) is 5.88. The fraction of sp³-hybridized carbons (Fsp3) is 0.462. The first-order chi connectivity index (χ1) is 16.9. The number of rotatable bonds is 12. The Labute approximate surface area is 209 Å². The number of aliphatic hydroxyl groups is 2. The molecule has 9 heteroatoms. The standard InChI is InChI=1S/C26H33NO7S/c1-17-22(16-35-13-12-28)33-26(34-25(17)19-10-8-18(15-29)9-11-19)20-4-2-5-21(14-20)27-23(30)6-3-7-24(31)32/h2,4-5,8-11,14,17,22,25-26,28-29H,3,6-7,12-13,15-16H2,1H3,(H,27,30)(H,31,32)/t17-,22+,25+,26+/m0/s1. The molecule has 8 nitrogen and oxygen atoms in total. The van der Waals surface area contributed by atoms with Gasteiger partial charge in [0.15, 0.2) is 6.29 Å². The summed E-state index contributed by atoms with van der Waals surface area (Å²) in [5.74, 6) is 0.203. The van der Waals surface area contributed by atoms with E-state index < -0.39 is 12.3 Å². The number of hydrogen-bond donors (Lipinski definition) is 4. The number of carbonyl (C=O) groups is 2. The number of carbonyl (C=O) groups excluding carboxylic acids is 1. The van der Waals surface area contributed by atoms with Crippen molar-refractivity contribution in [1.29, 1.82) is 0 Å². The Morgan fingerprint density at radius 1 is 1.03 bits per heavy atom. The zero-order valence-electron chi connectivity index (χ0n) is 19.8. The van der Waals surface area contributed by atoms with Crippen molar-refractivity contribution in [2.24, 2.45) is 5.92 Å². The van der Waals surface area contributed by atoms with Gasteiger partial charge < -0.3 is 30.1 Å². The van der Waals surface area contributed by atoms with Crippen molar-refractivity contribution in [3.63, 3.8) is 0 Å². The third-order valence-corrected chi connectivity index (χ3v) is 6.91. The molecule has 1 aliphatic rings. The molecule has 3 rings (SSSR count). The maximum atomic E-state index is 12.2. The Morgan fingerprint density at radius 2 is 1.80 bits per heavy atom. The van der Waals surface area contributed by atoms with E-state index in [1.54, 1.807) is 23.9 Å². The van der Waals surface area contributed by atoms with Gasteiger partial charge in [0.25, 0.3) is 0 Å². The molecule has 4 atom stereocenters. The molecule has 0 aliphatic carbocycles. The van der Waals surface area contributed by atoms with Gasteiger partial charge in [-0.1, -0.05) is 43.3 Å². The van der Waals surface area contributed by atoms with Crippen LogP contribution in [0, 0.1) is 5.92 Å². The number of amides is 1. The van der Waals surface area contributed by atoms with Crippen molar-refractivity contribution < 1.29 is 34.4 Å². The number of thioether (sulfide) groups is 1. The van der Waals surface area contributed by atoms with Crippen LogP contribution in [0.4, 0.5) is 5.69 Å². The average Bonchev–Trinajstić information content (AvgIpc) is 2.85. The van der Waals surface area contributed by atoms with Crippen molar-refractivity contribution in [1.82, 2.24) is 0 Å². The quantitative estimate of drug-likeness (QED) is 0.322. The number of hydrogen-bond acceptors (Lipinski definition) is 7. The zero-order valence-corrected chi connectivity index (χ0v) is 20.6. The zero-order chi connectivity index (χ0) is 25.2. The molecule has 0 saturated carbocycles. The summed E-state index contributed by atoms with van der Waals surface area (Å²) in [7, 11) is 0. The van der Waals surface area contributed by atoms with Crippen molar-refractivity contribution in [3.05, 3.63) is 65.2 Å². The first-order valence-corrected chi connectivity index (χ1v) is 12.9. The molecule has 0 bridgehead atoms. The van der Waals surface area contributed by atoms with Crippen LogP contribution in [-0.2, 0) is 25.7 Å². The van der Waals surface area contributed by atoms with Gasteiger partial charge in [-0.15, -0.1) is 0 Å². The average molecular weight is 504 g/mol. The molecule has 1 fully saturated rings. The molecule has 4 N–H and O–H groups in total. The third kappa shape index (κ3) is 8.05. The molecular formula is C26H33NO7S. The van der Waals surface area contributed by atoms with Crippen molar-refractivity contribution in [2.45, 2.75) is 51.3 Å². The van der Waals surface area contributed by atoms with E-state index in [1.807, 2.05) is 36.4 Å². The highest BCUT2D eigenvalue weighted by Gasteiger charge is 2.38. The summed E-state index contributed by atoms with van der Waals surface area (Å²) in [6.45, 7) is 2.16. The molecule has 0 radical (unpaired) electrons. The van der Waals surface area contributed by atoms with Crippen LogP contribution in [0.3, 0.4) is 0 Å². The molecular weight excluding hydrogens is 470 g/mol. The van der Waals surface area contributed by atoms with Gasteiger partial charge in [-0.05, 0) is 29.7 Å². The van der Waals surface area contributed by atoms with Gasteiger partial charge in [0.05, 0.1) is 25.4 Å². The predicted octanol–water partition coefficient (Wildman–Crippen LogP) is 3.89. The fourth-order valence-corrected chi connectivity index (χ4v) is 4.87. The van der Waals surface area contributed by atoms with Gasteiger partial charge in [-0.25, -0.2) is 0 Å². The number of benzene rings is 2. The lowest BCUT2D eigenvalue weighted by molar-refractivity contribution is -0.268. The smallest absolute Gasteiger partial charge is 0.303 e. The highest BCUT2D eigenvalue weighted by atomic mass is 32.2. The fourth-order valence-electron chi connectivity index (χ4n) is 3.96. The van der Waals surface area contributed by atoms with Crippen LogP contribution in [0.1, 0.15) is 55.3 Å². The minimum atomic E-state index is -0.923. The van der Waals surface area contributed by atoms with E-state index in [4.69, 9.17) is 14.6 Å². The topological polar surface area (TPSA) is 125 Å². The largest absolute Gasteiger partial charge is 0.481 e. The molecule has 190 valence electrons. The van der Waals surface area contributed by atoms with E-state index in [9.17, 15) is 19.8 Å². The summed E-state index contributed by atoms with van der Waals surface area (Å²) in [4.78, 5) is 22.9. The van der Waals surface area contributed by atoms with Gasteiger partial charge in [0.1, 0.15) is 0 Å². The Kier molecular flexibility index (Phi) is 10.6. The SMILES string of the molecule is C[C@H]1[C@@H](CSCCO)O[C@@H](c2cccc(NC(=O)CCCC(=O)O)c2)O[C@H]1c1ccc(CO)cc1. The van der Waals surface area contributed by atoms with Crippen molar-refractivity contribution in [2.75, 3.05) is 23.4 Å². The molecule has 1 saturated heterocycles.